The van der Waals surface area contributed by atoms with E-state index < -0.39 is 0 Å². The fourth-order valence-electron chi connectivity index (χ4n) is 3.59. The van der Waals surface area contributed by atoms with Crippen molar-refractivity contribution in [2.24, 2.45) is 0 Å². The Morgan fingerprint density at radius 1 is 1.04 bits per heavy atom. The summed E-state index contributed by atoms with van der Waals surface area (Å²) in [6.07, 6.45) is 3.73. The molecule has 3 heterocycles. The predicted octanol–water partition coefficient (Wildman–Crippen LogP) is 1.53. The zero-order chi connectivity index (χ0) is 19.5. The van der Waals surface area contributed by atoms with Gasteiger partial charge in [0.1, 0.15) is 5.65 Å². The van der Waals surface area contributed by atoms with Crippen LogP contribution in [0.25, 0.3) is 16.9 Å². The molecule has 1 aliphatic rings. The fourth-order valence-corrected chi connectivity index (χ4v) is 3.59. The standard InChI is InChI=1S/C20H25N5O3/c1-27-17-4-3-15(13-18(17)28-2)16-14-19-21-5-6-25(19)20(22-16)24-9-7-23(8-10-24)11-12-26/h3-6,13-14,26H,7-12H2,1-2H3. The van der Waals surface area contributed by atoms with Crippen LogP contribution in [0, 0.1) is 0 Å². The minimum absolute atomic E-state index is 0.193. The molecule has 8 nitrogen and oxygen atoms in total. The summed E-state index contributed by atoms with van der Waals surface area (Å²) in [5.74, 6) is 2.24. The maximum absolute atomic E-state index is 9.16. The number of rotatable bonds is 6. The van der Waals surface area contributed by atoms with E-state index in [4.69, 9.17) is 19.6 Å². The van der Waals surface area contributed by atoms with Gasteiger partial charge in [0.2, 0.25) is 5.95 Å². The van der Waals surface area contributed by atoms with Crippen molar-refractivity contribution in [2.45, 2.75) is 0 Å². The van der Waals surface area contributed by atoms with Crippen molar-refractivity contribution in [3.8, 4) is 22.8 Å². The van der Waals surface area contributed by atoms with Gasteiger partial charge in [-0.1, -0.05) is 0 Å². The normalized spacial score (nSPS) is 15.2. The molecule has 148 valence electrons. The van der Waals surface area contributed by atoms with Gasteiger partial charge in [-0.3, -0.25) is 9.30 Å². The number of aliphatic hydroxyl groups is 1. The van der Waals surface area contributed by atoms with E-state index >= 15 is 0 Å². The van der Waals surface area contributed by atoms with Crippen molar-refractivity contribution in [1.82, 2.24) is 19.3 Å². The summed E-state index contributed by atoms with van der Waals surface area (Å²) in [5.41, 5.74) is 2.64. The van der Waals surface area contributed by atoms with Gasteiger partial charge in [0.05, 0.1) is 26.5 Å². The molecule has 0 atom stereocenters. The van der Waals surface area contributed by atoms with Crippen LogP contribution in [0.2, 0.25) is 0 Å². The molecule has 1 fully saturated rings. The summed E-state index contributed by atoms with van der Waals surface area (Å²) >= 11 is 0. The predicted molar refractivity (Wildman–Crippen MR) is 107 cm³/mol. The largest absolute Gasteiger partial charge is 0.493 e. The second kappa shape index (κ2) is 8.04. The number of hydrogen-bond acceptors (Lipinski definition) is 7. The summed E-state index contributed by atoms with van der Waals surface area (Å²) in [6.45, 7) is 4.43. The lowest BCUT2D eigenvalue weighted by atomic mass is 10.1. The summed E-state index contributed by atoms with van der Waals surface area (Å²) in [4.78, 5) is 14.0. The van der Waals surface area contributed by atoms with E-state index in [9.17, 15) is 0 Å². The van der Waals surface area contributed by atoms with Gasteiger partial charge < -0.3 is 19.5 Å². The van der Waals surface area contributed by atoms with E-state index in [2.05, 4.69) is 14.8 Å². The van der Waals surface area contributed by atoms with Crippen LogP contribution in [0.1, 0.15) is 0 Å². The highest BCUT2D eigenvalue weighted by Crippen LogP contribution is 2.32. The number of hydrogen-bond donors (Lipinski definition) is 1. The van der Waals surface area contributed by atoms with Gasteiger partial charge in [-0.05, 0) is 18.2 Å². The molecule has 0 radical (unpaired) electrons. The van der Waals surface area contributed by atoms with Gasteiger partial charge in [-0.25, -0.2) is 9.97 Å². The number of nitrogens with zero attached hydrogens (tertiary/aromatic N) is 5. The number of piperazine rings is 1. The van der Waals surface area contributed by atoms with Gasteiger partial charge in [-0.2, -0.15) is 0 Å². The Bertz CT molecular complexity index is 950. The van der Waals surface area contributed by atoms with Crippen LogP contribution in [0.5, 0.6) is 11.5 Å². The second-order valence-electron chi connectivity index (χ2n) is 6.72. The average Bonchev–Trinajstić information content (AvgIpc) is 3.22. The van der Waals surface area contributed by atoms with Crippen LogP contribution in [0.15, 0.2) is 36.7 Å². The van der Waals surface area contributed by atoms with E-state index in [0.29, 0.717) is 18.0 Å². The summed E-state index contributed by atoms with van der Waals surface area (Å²) in [5, 5.41) is 9.16. The van der Waals surface area contributed by atoms with Crippen LogP contribution >= 0.6 is 0 Å². The van der Waals surface area contributed by atoms with Crippen molar-refractivity contribution in [1.29, 1.82) is 0 Å². The first kappa shape index (κ1) is 18.5. The number of ether oxygens (including phenoxy) is 2. The first-order valence-electron chi connectivity index (χ1n) is 9.38. The Morgan fingerprint density at radius 2 is 1.82 bits per heavy atom. The van der Waals surface area contributed by atoms with Crippen molar-refractivity contribution in [2.75, 3.05) is 58.5 Å². The molecule has 0 unspecified atom stereocenters. The average molecular weight is 383 g/mol. The van der Waals surface area contributed by atoms with Crippen molar-refractivity contribution >= 4 is 11.6 Å². The van der Waals surface area contributed by atoms with E-state index in [1.807, 2.05) is 34.9 Å². The van der Waals surface area contributed by atoms with Crippen molar-refractivity contribution in [3.05, 3.63) is 36.7 Å². The fraction of sp³-hybridized carbons (Fsp3) is 0.400. The zero-order valence-corrected chi connectivity index (χ0v) is 16.2. The number of anilines is 1. The van der Waals surface area contributed by atoms with Gasteiger partial charge >= 0.3 is 0 Å². The Balaban J connectivity index is 1.70. The smallest absolute Gasteiger partial charge is 0.211 e. The van der Waals surface area contributed by atoms with E-state index in [0.717, 1.165) is 49.0 Å². The van der Waals surface area contributed by atoms with Crippen LogP contribution in [-0.4, -0.2) is 77.9 Å². The Hall–Kier alpha value is -2.84. The van der Waals surface area contributed by atoms with Crippen molar-refractivity contribution < 1.29 is 14.6 Å². The molecule has 4 rings (SSSR count). The molecule has 0 saturated carbocycles. The zero-order valence-electron chi connectivity index (χ0n) is 16.2. The highest BCUT2D eigenvalue weighted by molar-refractivity contribution is 5.69. The topological polar surface area (TPSA) is 75.4 Å². The first-order valence-corrected chi connectivity index (χ1v) is 9.38. The molecule has 0 bridgehead atoms. The maximum atomic E-state index is 9.16. The van der Waals surface area contributed by atoms with Gasteiger partial charge in [0.25, 0.3) is 0 Å². The Morgan fingerprint density at radius 3 is 2.54 bits per heavy atom. The Labute approximate surface area is 164 Å². The van der Waals surface area contributed by atoms with Gasteiger partial charge in [-0.15, -0.1) is 0 Å². The number of aliphatic hydroxyl groups excluding tert-OH is 1. The van der Waals surface area contributed by atoms with Crippen LogP contribution in [0.4, 0.5) is 5.95 Å². The minimum atomic E-state index is 0.193. The molecule has 1 saturated heterocycles. The third-order valence-corrected chi connectivity index (χ3v) is 5.12. The SMILES string of the molecule is COc1ccc(-c2cc3nccn3c(N3CCN(CCO)CC3)n2)cc1OC. The third-order valence-electron chi connectivity index (χ3n) is 5.12. The molecular formula is C20H25N5O3. The lowest BCUT2D eigenvalue weighted by molar-refractivity contribution is 0.188. The molecule has 2 aromatic heterocycles. The lowest BCUT2D eigenvalue weighted by Gasteiger charge is -2.35. The lowest BCUT2D eigenvalue weighted by Crippen LogP contribution is -2.48. The second-order valence-corrected chi connectivity index (χ2v) is 6.72. The van der Waals surface area contributed by atoms with Crippen LogP contribution < -0.4 is 14.4 Å². The molecule has 0 aliphatic carbocycles. The number of imidazole rings is 1. The number of fused-ring (bicyclic) bond motifs is 1. The molecular weight excluding hydrogens is 358 g/mol. The summed E-state index contributed by atoms with van der Waals surface area (Å²) < 4.78 is 12.8. The van der Waals surface area contributed by atoms with E-state index in [1.165, 1.54) is 0 Å². The van der Waals surface area contributed by atoms with Gasteiger partial charge in [0.15, 0.2) is 11.5 Å². The monoisotopic (exact) mass is 383 g/mol. The van der Waals surface area contributed by atoms with Crippen molar-refractivity contribution in [3.63, 3.8) is 0 Å². The van der Waals surface area contributed by atoms with E-state index in [1.54, 1.807) is 20.4 Å². The number of aromatic nitrogens is 3. The molecule has 1 aliphatic heterocycles. The molecule has 1 aromatic carbocycles. The molecule has 3 aromatic rings. The van der Waals surface area contributed by atoms with E-state index in [-0.39, 0.29) is 6.61 Å². The quantitative estimate of drug-likeness (QED) is 0.692. The minimum Gasteiger partial charge on any atom is -0.493 e. The number of methoxy groups -OCH3 is 2. The highest BCUT2D eigenvalue weighted by Gasteiger charge is 2.21. The third kappa shape index (κ3) is 3.48. The van der Waals surface area contributed by atoms with Crippen LogP contribution in [-0.2, 0) is 0 Å². The molecule has 0 amide bonds. The summed E-state index contributed by atoms with van der Waals surface area (Å²) in [6, 6.07) is 7.78. The molecule has 0 spiro atoms. The molecule has 28 heavy (non-hydrogen) atoms. The maximum Gasteiger partial charge on any atom is 0.211 e. The number of benzene rings is 1. The first-order chi connectivity index (χ1) is 13.7. The van der Waals surface area contributed by atoms with Crippen LogP contribution in [0.3, 0.4) is 0 Å². The summed E-state index contributed by atoms with van der Waals surface area (Å²) in [7, 11) is 3.26. The number of β-amino-alcohol motifs (C(OH)–C–C–N with tert-alkyl or cyclic N) is 1. The highest BCUT2D eigenvalue weighted by atomic mass is 16.5. The van der Waals surface area contributed by atoms with Gasteiger partial charge in [0, 0.05) is 56.7 Å². The Kier molecular flexibility index (Phi) is 5.31. The molecule has 8 heteroatoms. The molecule has 1 N–H and O–H groups in total.